The summed E-state index contributed by atoms with van der Waals surface area (Å²) >= 11 is 0. The molecule has 0 aromatic heterocycles. The topological polar surface area (TPSA) is 9.23 Å². The van der Waals surface area contributed by atoms with E-state index in [0.717, 1.165) is 12.8 Å². The second kappa shape index (κ2) is 9.02. The van der Waals surface area contributed by atoms with Gasteiger partial charge in [-0.2, -0.15) is 0 Å². The molecule has 0 radical (unpaired) electrons. The molecule has 0 aliphatic heterocycles. The second-order valence-corrected chi connectivity index (χ2v) is 2.46. The quantitative estimate of drug-likeness (QED) is 0.428. The molecule has 0 fully saturated rings. The number of hydrogen-bond acceptors (Lipinski definition) is 1. The van der Waals surface area contributed by atoms with Crippen molar-refractivity contribution in [2.75, 3.05) is 13.2 Å². The van der Waals surface area contributed by atoms with Crippen LogP contribution in [-0.2, 0) is 4.74 Å². The van der Waals surface area contributed by atoms with Crippen LogP contribution in [-0.4, -0.2) is 20.2 Å². The van der Waals surface area contributed by atoms with E-state index in [4.69, 9.17) is 4.74 Å². The molecule has 0 N–H and O–H groups in total. The Hall–Kier alpha value is 1.45. The Labute approximate surface area is 114 Å². The van der Waals surface area contributed by atoms with E-state index in [0.29, 0.717) is 6.61 Å². The fourth-order valence-electron chi connectivity index (χ4n) is 0.565. The molecule has 0 unspecified atom stereocenters. The van der Waals surface area contributed by atoms with Gasteiger partial charge in [-0.05, 0) is 6.42 Å². The molecule has 12 heavy (non-hydrogen) atoms. The third-order valence-electron chi connectivity index (χ3n) is 1.23. The van der Waals surface area contributed by atoms with Crippen molar-refractivity contribution in [2.24, 2.45) is 0 Å². The van der Waals surface area contributed by atoms with Gasteiger partial charge < -0.3 is 17.7 Å². The van der Waals surface area contributed by atoms with E-state index in [2.05, 4.69) is 0 Å². The fourth-order valence-corrected chi connectivity index (χ4v) is 0.565. The molecule has 0 heterocycles. The summed E-state index contributed by atoms with van der Waals surface area (Å²) in [6.45, 7) is -2.41. The maximum absolute atomic E-state index is 11.5. The van der Waals surface area contributed by atoms with Gasteiger partial charge in [-0.1, -0.05) is 19.7 Å². The summed E-state index contributed by atoms with van der Waals surface area (Å²) in [7, 11) is 0. The smallest absolute Gasteiger partial charge is 0.449 e. The first-order chi connectivity index (χ1) is 5.06. The van der Waals surface area contributed by atoms with Gasteiger partial charge in [0.25, 0.3) is 0 Å². The molecule has 0 atom stereocenters. The van der Waals surface area contributed by atoms with Gasteiger partial charge in [-0.25, -0.2) is 0 Å². The molecule has 0 aliphatic carbocycles. The maximum atomic E-state index is 11.5. The van der Waals surface area contributed by atoms with Crippen LogP contribution in [0.5, 0.6) is 0 Å². The van der Waals surface area contributed by atoms with Gasteiger partial charge in [0.1, 0.15) is 0 Å². The number of rotatable bonds is 6. The normalized spacial score (nSPS) is 11.0. The van der Waals surface area contributed by atoms with Gasteiger partial charge >= 0.3 is 58.4 Å². The van der Waals surface area contributed by atoms with Gasteiger partial charge in [0.15, 0.2) is 0 Å². The Kier molecular flexibility index (Phi) is 12.0. The second-order valence-electron chi connectivity index (χ2n) is 2.46. The minimum Gasteiger partial charge on any atom is -0.449 e. The van der Waals surface area contributed by atoms with Crippen LogP contribution in [0.25, 0.3) is 0 Å². The van der Waals surface area contributed by atoms with Crippen molar-refractivity contribution in [1.82, 2.24) is 0 Å². The molecule has 0 saturated heterocycles. The van der Waals surface area contributed by atoms with Crippen LogP contribution < -0.4 is 51.4 Å². The number of unbranched alkanes of at least 4 members (excludes halogenated alkanes) is 1. The Morgan fingerprint density at radius 3 is 2.17 bits per heavy atom. The Bertz CT molecular complexity index is 99.3. The van der Waals surface area contributed by atoms with Gasteiger partial charge in [0.05, 0.1) is 0 Å². The monoisotopic (exact) mass is 208 g/mol. The van der Waals surface area contributed by atoms with Crippen molar-refractivity contribution >= 4 is 6.98 Å². The molecule has 0 spiro atoms. The van der Waals surface area contributed by atoms with Crippen molar-refractivity contribution in [3.63, 3.8) is 0 Å². The van der Waals surface area contributed by atoms with Crippen molar-refractivity contribution in [2.45, 2.75) is 26.1 Å². The average Bonchev–Trinajstić information content (AvgIpc) is 1.85. The van der Waals surface area contributed by atoms with Crippen LogP contribution in [0.2, 0.25) is 6.32 Å². The summed E-state index contributed by atoms with van der Waals surface area (Å²) in [5.74, 6) is 0. The van der Waals surface area contributed by atoms with E-state index >= 15 is 0 Å². The third-order valence-corrected chi connectivity index (χ3v) is 1.23. The van der Waals surface area contributed by atoms with Gasteiger partial charge in [-0.15, -0.1) is 0 Å². The SMILES string of the molecule is CCCCOCC[B-](F)(F)F.[K+]. The largest absolute Gasteiger partial charge is 1.00 e. The first-order valence-corrected chi connectivity index (χ1v) is 3.85. The van der Waals surface area contributed by atoms with E-state index < -0.39 is 13.3 Å². The maximum Gasteiger partial charge on any atom is 1.00 e. The molecule has 0 aliphatic rings. The standard InChI is InChI=1S/C6H13BF3O.K/c1-2-3-5-11-6-4-7(8,9)10;/h2-6H2,1H3;/q-1;+1. The molecule has 0 saturated carbocycles. The van der Waals surface area contributed by atoms with E-state index in [1.807, 2.05) is 6.92 Å². The zero-order valence-corrected chi connectivity index (χ0v) is 10.8. The summed E-state index contributed by atoms with van der Waals surface area (Å²) in [5.41, 5.74) is 0. The third kappa shape index (κ3) is 14.0. The molecule has 68 valence electrons. The van der Waals surface area contributed by atoms with Crippen molar-refractivity contribution in [1.29, 1.82) is 0 Å². The van der Waals surface area contributed by atoms with Crippen molar-refractivity contribution in [3.8, 4) is 0 Å². The van der Waals surface area contributed by atoms with Crippen molar-refractivity contribution < 1.29 is 69.1 Å². The van der Waals surface area contributed by atoms with Crippen LogP contribution in [0.1, 0.15) is 19.8 Å². The fraction of sp³-hybridized carbons (Fsp3) is 1.00. The van der Waals surface area contributed by atoms with E-state index in [9.17, 15) is 12.9 Å². The molecule has 0 aromatic carbocycles. The Morgan fingerprint density at radius 1 is 1.17 bits per heavy atom. The van der Waals surface area contributed by atoms with Gasteiger partial charge in [0.2, 0.25) is 0 Å². The Morgan fingerprint density at radius 2 is 1.75 bits per heavy atom. The molecular weight excluding hydrogens is 195 g/mol. The van der Waals surface area contributed by atoms with Gasteiger partial charge in [0, 0.05) is 13.2 Å². The molecule has 0 aromatic rings. The van der Waals surface area contributed by atoms with Gasteiger partial charge in [-0.3, -0.25) is 0 Å². The van der Waals surface area contributed by atoms with Crippen LogP contribution in [0, 0.1) is 0 Å². The zero-order chi connectivity index (χ0) is 8.74. The predicted molar refractivity (Wildman–Crippen MR) is 39.6 cm³/mol. The van der Waals surface area contributed by atoms with Crippen LogP contribution in [0.3, 0.4) is 0 Å². The summed E-state index contributed by atoms with van der Waals surface area (Å²) < 4.78 is 39.4. The molecule has 0 amide bonds. The Balaban J connectivity index is 0. The first-order valence-electron chi connectivity index (χ1n) is 3.85. The first kappa shape index (κ1) is 15.9. The number of halogens is 3. The van der Waals surface area contributed by atoms with Crippen LogP contribution >= 0.6 is 0 Å². The number of ether oxygens (including phenoxy) is 1. The van der Waals surface area contributed by atoms with Crippen LogP contribution in [0.15, 0.2) is 0 Å². The van der Waals surface area contributed by atoms with Crippen LogP contribution in [0.4, 0.5) is 12.9 Å². The summed E-state index contributed by atoms with van der Waals surface area (Å²) in [5, 5.41) is 0. The summed E-state index contributed by atoms with van der Waals surface area (Å²) in [6.07, 6.45) is 1.02. The average molecular weight is 208 g/mol. The zero-order valence-electron chi connectivity index (χ0n) is 7.66. The van der Waals surface area contributed by atoms with E-state index in [1.165, 1.54) is 0 Å². The summed E-state index contributed by atoms with van der Waals surface area (Å²) in [4.78, 5) is 0. The minimum absolute atomic E-state index is 0. The minimum atomic E-state index is -4.65. The van der Waals surface area contributed by atoms with E-state index in [1.54, 1.807) is 0 Å². The van der Waals surface area contributed by atoms with Crippen molar-refractivity contribution in [3.05, 3.63) is 0 Å². The summed E-state index contributed by atoms with van der Waals surface area (Å²) in [6, 6.07) is 0. The molecule has 1 nitrogen and oxygen atoms in total. The molecular formula is C6H13BF3KO. The predicted octanol–water partition coefficient (Wildman–Crippen LogP) is -0.345. The number of hydrogen-bond donors (Lipinski definition) is 0. The molecule has 0 bridgehead atoms. The molecule has 0 rings (SSSR count). The molecule has 6 heteroatoms. The van der Waals surface area contributed by atoms with E-state index in [-0.39, 0.29) is 58.0 Å².